The summed E-state index contributed by atoms with van der Waals surface area (Å²) in [5.74, 6) is 0.0492. The quantitative estimate of drug-likeness (QED) is 0.868. The van der Waals surface area contributed by atoms with Gasteiger partial charge in [-0.3, -0.25) is 4.79 Å². The van der Waals surface area contributed by atoms with Gasteiger partial charge in [0.1, 0.15) is 0 Å². The van der Waals surface area contributed by atoms with Gasteiger partial charge in [0.25, 0.3) is 0 Å². The number of halogens is 1. The van der Waals surface area contributed by atoms with Crippen LogP contribution < -0.4 is 10.6 Å². The molecule has 1 heterocycles. The van der Waals surface area contributed by atoms with Crippen molar-refractivity contribution in [3.63, 3.8) is 0 Å². The van der Waals surface area contributed by atoms with Crippen molar-refractivity contribution < 1.29 is 4.79 Å². The van der Waals surface area contributed by atoms with Crippen molar-refractivity contribution in [1.82, 2.24) is 10.6 Å². The van der Waals surface area contributed by atoms with Crippen LogP contribution in [0.15, 0.2) is 15.9 Å². The van der Waals surface area contributed by atoms with Crippen LogP contribution in [-0.2, 0) is 11.2 Å². The summed E-state index contributed by atoms with van der Waals surface area (Å²) >= 11 is 5.11. The summed E-state index contributed by atoms with van der Waals surface area (Å²) < 4.78 is 1.13. The van der Waals surface area contributed by atoms with E-state index in [0.717, 1.165) is 10.2 Å². The van der Waals surface area contributed by atoms with Crippen LogP contribution >= 0.6 is 27.3 Å². The molecule has 0 radical (unpaired) electrons. The monoisotopic (exact) mass is 290 g/mol. The Morgan fingerprint density at radius 2 is 2.33 bits per heavy atom. The van der Waals surface area contributed by atoms with Crippen molar-refractivity contribution in [1.29, 1.82) is 0 Å². The van der Waals surface area contributed by atoms with Crippen LogP contribution in [0.1, 0.15) is 11.8 Å². The highest BCUT2D eigenvalue weighted by Gasteiger charge is 2.08. The van der Waals surface area contributed by atoms with Gasteiger partial charge in [-0.2, -0.15) is 0 Å². The van der Waals surface area contributed by atoms with Crippen LogP contribution in [0.3, 0.4) is 0 Å². The molecule has 1 unspecified atom stereocenters. The number of hydrogen-bond donors (Lipinski definition) is 2. The Bertz CT molecular complexity index is 327. The Labute approximate surface area is 102 Å². The van der Waals surface area contributed by atoms with Crippen molar-refractivity contribution in [3.8, 4) is 0 Å². The zero-order valence-corrected chi connectivity index (χ0v) is 11.2. The molecule has 15 heavy (non-hydrogen) atoms. The van der Waals surface area contributed by atoms with E-state index >= 15 is 0 Å². The summed E-state index contributed by atoms with van der Waals surface area (Å²) in [5.41, 5.74) is 0. The number of amides is 1. The van der Waals surface area contributed by atoms with Crippen LogP contribution in [0.2, 0.25) is 0 Å². The van der Waals surface area contributed by atoms with Gasteiger partial charge >= 0.3 is 0 Å². The Balaban J connectivity index is 2.24. The van der Waals surface area contributed by atoms with Crippen LogP contribution in [0.5, 0.6) is 0 Å². The second-order valence-electron chi connectivity index (χ2n) is 3.26. The second kappa shape index (κ2) is 6.25. The van der Waals surface area contributed by atoms with E-state index in [1.165, 1.54) is 4.88 Å². The summed E-state index contributed by atoms with van der Waals surface area (Å²) in [7, 11) is 1.78. The molecule has 0 bridgehead atoms. The molecule has 0 aliphatic heterocycles. The molecule has 0 fully saturated rings. The Morgan fingerprint density at radius 3 is 2.87 bits per heavy atom. The molecule has 1 rings (SSSR count). The average molecular weight is 291 g/mol. The van der Waals surface area contributed by atoms with E-state index in [9.17, 15) is 4.79 Å². The number of thiophene rings is 1. The number of nitrogens with one attached hydrogen (secondary N) is 2. The topological polar surface area (TPSA) is 41.1 Å². The zero-order chi connectivity index (χ0) is 11.3. The van der Waals surface area contributed by atoms with E-state index in [-0.39, 0.29) is 11.9 Å². The summed E-state index contributed by atoms with van der Waals surface area (Å²) in [6.07, 6.45) is 0.887. The second-order valence-corrected chi connectivity index (χ2v) is 5.80. The van der Waals surface area contributed by atoms with E-state index in [1.807, 2.05) is 13.0 Å². The van der Waals surface area contributed by atoms with Crippen molar-refractivity contribution >= 4 is 33.2 Å². The minimum absolute atomic E-state index is 0.0492. The fourth-order valence-corrected chi connectivity index (χ4v) is 2.56. The standard InChI is InChI=1S/C10H15BrN2OS/c1-7(12-2)10(14)13-6-5-8-3-4-9(11)15-8/h3-4,7,12H,5-6H2,1-2H3,(H,13,14). The summed E-state index contributed by atoms with van der Waals surface area (Å²) in [4.78, 5) is 12.7. The maximum atomic E-state index is 11.4. The minimum atomic E-state index is -0.125. The molecule has 5 heteroatoms. The van der Waals surface area contributed by atoms with Gasteiger partial charge in [-0.25, -0.2) is 0 Å². The Kier molecular flexibility index (Phi) is 5.28. The normalized spacial score (nSPS) is 12.5. The lowest BCUT2D eigenvalue weighted by Gasteiger charge is -2.10. The third-order valence-corrected chi connectivity index (χ3v) is 3.81. The Morgan fingerprint density at radius 1 is 1.60 bits per heavy atom. The molecule has 1 amide bonds. The molecule has 0 spiro atoms. The fraction of sp³-hybridized carbons (Fsp3) is 0.500. The van der Waals surface area contributed by atoms with Crippen molar-refractivity contribution in [2.45, 2.75) is 19.4 Å². The lowest BCUT2D eigenvalue weighted by atomic mass is 10.3. The van der Waals surface area contributed by atoms with Gasteiger partial charge < -0.3 is 10.6 Å². The van der Waals surface area contributed by atoms with Crippen molar-refractivity contribution in [3.05, 3.63) is 20.8 Å². The highest BCUT2D eigenvalue weighted by molar-refractivity contribution is 9.11. The van der Waals surface area contributed by atoms with Gasteiger partial charge in [-0.05, 0) is 48.5 Å². The molecule has 0 saturated heterocycles. The van der Waals surface area contributed by atoms with Gasteiger partial charge in [0.05, 0.1) is 9.83 Å². The molecule has 2 N–H and O–H groups in total. The smallest absolute Gasteiger partial charge is 0.236 e. The largest absolute Gasteiger partial charge is 0.354 e. The van der Waals surface area contributed by atoms with Gasteiger partial charge in [0, 0.05) is 11.4 Å². The molecule has 1 aromatic rings. The predicted octanol–water partition coefficient (Wildman–Crippen LogP) is 1.78. The SMILES string of the molecule is CNC(C)C(=O)NCCc1ccc(Br)s1. The van der Waals surface area contributed by atoms with Crippen molar-refractivity contribution in [2.24, 2.45) is 0 Å². The number of carbonyl (C=O) groups is 1. The van der Waals surface area contributed by atoms with Gasteiger partial charge in [0.2, 0.25) is 5.91 Å². The highest BCUT2D eigenvalue weighted by Crippen LogP contribution is 2.21. The molecule has 0 saturated carbocycles. The average Bonchev–Trinajstić information content (AvgIpc) is 2.63. The zero-order valence-electron chi connectivity index (χ0n) is 8.84. The fourth-order valence-electron chi connectivity index (χ4n) is 1.08. The number of likely N-dealkylation sites (N-methyl/N-ethyl adjacent to an activating group) is 1. The Hall–Kier alpha value is -0.390. The molecule has 3 nitrogen and oxygen atoms in total. The molecule has 0 aromatic carbocycles. The first-order valence-corrected chi connectivity index (χ1v) is 6.43. The molecule has 1 aromatic heterocycles. The van der Waals surface area contributed by atoms with Crippen LogP contribution in [0.25, 0.3) is 0 Å². The van der Waals surface area contributed by atoms with E-state index in [1.54, 1.807) is 18.4 Å². The maximum Gasteiger partial charge on any atom is 0.236 e. The van der Waals surface area contributed by atoms with E-state index in [2.05, 4.69) is 32.6 Å². The molecule has 84 valence electrons. The summed E-state index contributed by atoms with van der Waals surface area (Å²) in [5, 5.41) is 5.78. The van der Waals surface area contributed by atoms with Crippen LogP contribution in [0.4, 0.5) is 0 Å². The molecular weight excluding hydrogens is 276 g/mol. The minimum Gasteiger partial charge on any atom is -0.354 e. The number of hydrogen-bond acceptors (Lipinski definition) is 3. The molecule has 1 atom stereocenters. The first-order chi connectivity index (χ1) is 7.13. The lowest BCUT2D eigenvalue weighted by molar-refractivity contribution is -0.122. The number of rotatable bonds is 5. The number of carbonyl (C=O) groups excluding carboxylic acids is 1. The van der Waals surface area contributed by atoms with E-state index in [0.29, 0.717) is 6.54 Å². The molecular formula is C10H15BrN2OS. The predicted molar refractivity (Wildman–Crippen MR) is 67.3 cm³/mol. The molecule has 0 aliphatic carbocycles. The van der Waals surface area contributed by atoms with Crippen LogP contribution in [-0.4, -0.2) is 25.5 Å². The van der Waals surface area contributed by atoms with Gasteiger partial charge in [-0.15, -0.1) is 11.3 Å². The summed E-state index contributed by atoms with van der Waals surface area (Å²) in [6, 6.07) is 3.97. The lowest BCUT2D eigenvalue weighted by Crippen LogP contribution is -2.41. The van der Waals surface area contributed by atoms with Gasteiger partial charge in [-0.1, -0.05) is 0 Å². The molecule has 0 aliphatic rings. The third-order valence-electron chi connectivity index (χ3n) is 2.13. The van der Waals surface area contributed by atoms with E-state index < -0.39 is 0 Å². The van der Waals surface area contributed by atoms with Crippen LogP contribution in [0, 0.1) is 0 Å². The van der Waals surface area contributed by atoms with Gasteiger partial charge in [0.15, 0.2) is 0 Å². The third kappa shape index (κ3) is 4.32. The highest BCUT2D eigenvalue weighted by atomic mass is 79.9. The van der Waals surface area contributed by atoms with Crippen molar-refractivity contribution in [2.75, 3.05) is 13.6 Å². The first-order valence-electron chi connectivity index (χ1n) is 4.82. The maximum absolute atomic E-state index is 11.4. The van der Waals surface area contributed by atoms with E-state index in [4.69, 9.17) is 0 Å². The summed E-state index contributed by atoms with van der Waals surface area (Å²) in [6.45, 7) is 2.54. The first kappa shape index (κ1) is 12.7.